The van der Waals surface area contributed by atoms with Gasteiger partial charge in [0.05, 0.1) is 9.79 Å². The van der Waals surface area contributed by atoms with Gasteiger partial charge in [-0.1, -0.05) is 88.1 Å². The summed E-state index contributed by atoms with van der Waals surface area (Å²) in [6.07, 6.45) is 9.20. The number of fused-ring (bicyclic) bond motifs is 2. The van der Waals surface area contributed by atoms with Gasteiger partial charge in [-0.2, -0.15) is 0 Å². The number of hydrogen-bond acceptors (Lipinski definition) is 6. The van der Waals surface area contributed by atoms with E-state index in [2.05, 4.69) is 26.0 Å². The van der Waals surface area contributed by atoms with E-state index in [1.54, 1.807) is 12.1 Å². The summed E-state index contributed by atoms with van der Waals surface area (Å²) >= 11 is 0. The topological polar surface area (TPSA) is 114 Å². The third kappa shape index (κ3) is 10.4. The van der Waals surface area contributed by atoms with E-state index in [0.29, 0.717) is 0 Å². The summed E-state index contributed by atoms with van der Waals surface area (Å²) in [5.41, 5.74) is 2.50. The molecule has 4 rings (SSSR count). The first kappa shape index (κ1) is 33.7. The first-order chi connectivity index (χ1) is 18.0. The standard InChI is InChI=1S/2C15H18O3S.Ca/c2*1-2-3-4-5-12-6-7-14-11-15(19(16,17)18)9-8-13(14)10-12;/h2*6-11H,2-5H2,1H3,(H,16,17,18);/q;;+2/p-2. The van der Waals surface area contributed by atoms with Crippen molar-refractivity contribution in [3.63, 3.8) is 0 Å². The average Bonchev–Trinajstić information content (AvgIpc) is 2.87. The fraction of sp³-hybridized carbons (Fsp3) is 0.333. The van der Waals surface area contributed by atoms with E-state index in [4.69, 9.17) is 0 Å². The number of rotatable bonds is 10. The molecule has 0 aliphatic carbocycles. The number of unbranched alkanes of at least 4 members (excludes halogenated alkanes) is 4. The van der Waals surface area contributed by atoms with Gasteiger partial charge in [0, 0.05) is 0 Å². The van der Waals surface area contributed by atoms with Crippen molar-refractivity contribution in [3.05, 3.63) is 83.9 Å². The van der Waals surface area contributed by atoms with Crippen LogP contribution in [0.2, 0.25) is 0 Å². The maximum Gasteiger partial charge on any atom is 2.00 e. The van der Waals surface area contributed by atoms with Crippen LogP contribution in [0, 0.1) is 0 Å². The van der Waals surface area contributed by atoms with E-state index in [1.807, 2.05) is 24.3 Å². The van der Waals surface area contributed by atoms with Crippen LogP contribution in [0.5, 0.6) is 0 Å². The van der Waals surface area contributed by atoms with Crippen molar-refractivity contribution < 1.29 is 25.9 Å². The number of benzene rings is 4. The molecule has 0 aromatic heterocycles. The van der Waals surface area contributed by atoms with Crippen molar-refractivity contribution in [2.24, 2.45) is 0 Å². The van der Waals surface area contributed by atoms with Gasteiger partial charge >= 0.3 is 37.7 Å². The van der Waals surface area contributed by atoms with Gasteiger partial charge in [-0.3, -0.25) is 0 Å². The molecule has 0 atom stereocenters. The van der Waals surface area contributed by atoms with E-state index >= 15 is 0 Å². The quantitative estimate of drug-likeness (QED) is 0.116. The largest absolute Gasteiger partial charge is 2.00 e. The zero-order valence-corrected chi connectivity index (χ0v) is 26.4. The van der Waals surface area contributed by atoms with Crippen molar-refractivity contribution in [3.8, 4) is 0 Å². The molecule has 0 fully saturated rings. The van der Waals surface area contributed by atoms with Crippen molar-refractivity contribution in [2.75, 3.05) is 0 Å². The van der Waals surface area contributed by atoms with E-state index in [9.17, 15) is 25.9 Å². The molecular formula is C30H34CaO6S2. The van der Waals surface area contributed by atoms with Crippen LogP contribution in [-0.4, -0.2) is 63.7 Å². The van der Waals surface area contributed by atoms with Crippen LogP contribution in [-0.2, 0) is 33.1 Å². The summed E-state index contributed by atoms with van der Waals surface area (Å²) in [7, 11) is -8.74. The van der Waals surface area contributed by atoms with Crippen LogP contribution >= 0.6 is 0 Å². The van der Waals surface area contributed by atoms with Gasteiger partial charge in [0.25, 0.3) is 0 Å². The fourth-order valence-electron chi connectivity index (χ4n) is 4.33. The SMILES string of the molecule is CCCCCc1ccc2cc(S(=O)(=O)[O-])ccc2c1.CCCCCc1ccc2cc(S(=O)(=O)[O-])ccc2c1.[Ca+2]. The first-order valence-corrected chi connectivity index (χ1v) is 15.8. The Morgan fingerprint density at radius 1 is 0.513 bits per heavy atom. The van der Waals surface area contributed by atoms with E-state index in [0.717, 1.165) is 47.2 Å². The molecule has 6 nitrogen and oxygen atoms in total. The Kier molecular flexibility index (Phi) is 13.4. The minimum absolute atomic E-state index is 0. The molecule has 0 radical (unpaired) electrons. The molecule has 39 heavy (non-hydrogen) atoms. The van der Waals surface area contributed by atoms with Gasteiger partial charge in [0.15, 0.2) is 0 Å². The maximum atomic E-state index is 11.0. The molecule has 0 aliphatic rings. The monoisotopic (exact) mass is 594 g/mol. The Bertz CT molecular complexity index is 1480. The van der Waals surface area contributed by atoms with Gasteiger partial charge < -0.3 is 9.11 Å². The van der Waals surface area contributed by atoms with Gasteiger partial charge in [-0.25, -0.2) is 16.8 Å². The molecule has 0 bridgehead atoms. The zero-order valence-electron chi connectivity index (χ0n) is 22.6. The summed E-state index contributed by atoms with van der Waals surface area (Å²) < 4.78 is 65.8. The molecule has 9 heteroatoms. The van der Waals surface area contributed by atoms with Crippen LogP contribution in [0.25, 0.3) is 21.5 Å². The third-order valence-electron chi connectivity index (χ3n) is 6.47. The van der Waals surface area contributed by atoms with Gasteiger partial charge in [-0.05, 0) is 82.6 Å². The average molecular weight is 595 g/mol. The van der Waals surface area contributed by atoms with Gasteiger partial charge in [0.1, 0.15) is 20.2 Å². The first-order valence-electron chi connectivity index (χ1n) is 13.0. The Morgan fingerprint density at radius 2 is 0.846 bits per heavy atom. The minimum atomic E-state index is -4.37. The molecule has 4 aromatic rings. The third-order valence-corrected chi connectivity index (χ3v) is 8.13. The summed E-state index contributed by atoms with van der Waals surface area (Å²) in [6, 6.07) is 20.9. The Hall–Kier alpha value is -1.52. The molecule has 0 spiro atoms. The molecule has 0 N–H and O–H groups in total. The predicted molar refractivity (Wildman–Crippen MR) is 156 cm³/mol. The van der Waals surface area contributed by atoms with Crippen LogP contribution in [0.4, 0.5) is 0 Å². The minimum Gasteiger partial charge on any atom is -0.744 e. The summed E-state index contributed by atoms with van der Waals surface area (Å²) in [5.74, 6) is 0. The normalized spacial score (nSPS) is 11.6. The molecule has 0 unspecified atom stereocenters. The molecule has 0 amide bonds. The smallest absolute Gasteiger partial charge is 0.744 e. The molecule has 4 aromatic carbocycles. The molecule has 0 saturated carbocycles. The van der Waals surface area contributed by atoms with E-state index < -0.39 is 20.2 Å². The zero-order chi connectivity index (χ0) is 27.8. The van der Waals surface area contributed by atoms with E-state index in [-0.39, 0.29) is 47.5 Å². The van der Waals surface area contributed by atoms with Crippen molar-refractivity contribution in [2.45, 2.75) is 75.0 Å². The number of aryl methyl sites for hydroxylation is 2. The maximum absolute atomic E-state index is 11.0. The second-order valence-corrected chi connectivity index (χ2v) is 12.3. The van der Waals surface area contributed by atoms with Crippen LogP contribution in [0.15, 0.2) is 82.6 Å². The Balaban J connectivity index is 0.000000267. The van der Waals surface area contributed by atoms with Crippen LogP contribution < -0.4 is 0 Å². The van der Waals surface area contributed by atoms with Gasteiger partial charge in [-0.15, -0.1) is 0 Å². The summed E-state index contributed by atoms with van der Waals surface area (Å²) in [5, 5.41) is 3.52. The molecule has 0 aliphatic heterocycles. The second kappa shape index (κ2) is 15.5. The fourth-order valence-corrected chi connectivity index (χ4v) is 5.34. The molecular weight excluding hydrogens is 561 g/mol. The van der Waals surface area contributed by atoms with Gasteiger partial charge in [0.2, 0.25) is 0 Å². The predicted octanol–water partition coefficient (Wildman–Crippen LogP) is 6.57. The molecule has 0 heterocycles. The molecule has 0 saturated heterocycles. The van der Waals surface area contributed by atoms with Crippen molar-refractivity contribution >= 4 is 79.5 Å². The Labute approximate surface area is 262 Å². The number of hydrogen-bond donors (Lipinski definition) is 0. The van der Waals surface area contributed by atoms with Crippen molar-refractivity contribution in [1.82, 2.24) is 0 Å². The van der Waals surface area contributed by atoms with Crippen molar-refractivity contribution in [1.29, 1.82) is 0 Å². The van der Waals surface area contributed by atoms with Crippen LogP contribution in [0.3, 0.4) is 0 Å². The van der Waals surface area contributed by atoms with Crippen LogP contribution in [0.1, 0.15) is 63.5 Å². The summed E-state index contributed by atoms with van der Waals surface area (Å²) in [6.45, 7) is 4.34. The second-order valence-electron chi connectivity index (χ2n) is 9.51. The Morgan fingerprint density at radius 3 is 1.18 bits per heavy atom. The summed E-state index contributed by atoms with van der Waals surface area (Å²) in [4.78, 5) is -0.336. The van der Waals surface area contributed by atoms with E-state index in [1.165, 1.54) is 61.1 Å². The molecule has 204 valence electrons.